The summed E-state index contributed by atoms with van der Waals surface area (Å²) in [5.41, 5.74) is 0.702. The van der Waals surface area contributed by atoms with Crippen molar-refractivity contribution in [1.82, 2.24) is 4.31 Å². The molecular weight excluding hydrogens is 282 g/mol. The zero-order valence-electron chi connectivity index (χ0n) is 11.6. The number of aromatic carboxylic acids is 1. The number of sulfonamides is 1. The van der Waals surface area contributed by atoms with E-state index in [4.69, 9.17) is 9.84 Å². The van der Waals surface area contributed by atoms with Crippen LogP contribution in [0.25, 0.3) is 0 Å². The summed E-state index contributed by atoms with van der Waals surface area (Å²) in [7, 11) is -0.304. The maximum Gasteiger partial charge on any atom is 0.335 e. The molecule has 20 heavy (non-hydrogen) atoms. The third kappa shape index (κ3) is 4.92. The molecule has 0 atom stereocenters. The van der Waals surface area contributed by atoms with Gasteiger partial charge in [0.2, 0.25) is 10.0 Å². The summed E-state index contributed by atoms with van der Waals surface area (Å²) in [6.07, 6.45) is 0.629. The number of methoxy groups -OCH3 is 1. The molecule has 0 fully saturated rings. The van der Waals surface area contributed by atoms with E-state index in [9.17, 15) is 13.2 Å². The monoisotopic (exact) mass is 301 g/mol. The van der Waals surface area contributed by atoms with Crippen molar-refractivity contribution >= 4 is 16.0 Å². The predicted molar refractivity (Wildman–Crippen MR) is 75.1 cm³/mol. The summed E-state index contributed by atoms with van der Waals surface area (Å²) < 4.78 is 30.3. The van der Waals surface area contributed by atoms with Gasteiger partial charge in [-0.3, -0.25) is 0 Å². The Bertz CT molecular complexity index is 538. The van der Waals surface area contributed by atoms with Crippen molar-refractivity contribution in [3.63, 3.8) is 0 Å². The molecule has 0 radical (unpaired) electrons. The van der Waals surface area contributed by atoms with Gasteiger partial charge < -0.3 is 9.84 Å². The first-order valence-corrected chi connectivity index (χ1v) is 7.73. The van der Waals surface area contributed by atoms with Gasteiger partial charge in [0.15, 0.2) is 0 Å². The quantitative estimate of drug-likeness (QED) is 0.729. The summed E-state index contributed by atoms with van der Waals surface area (Å²) in [4.78, 5) is 10.7. The molecular formula is C13H19NO5S. The summed E-state index contributed by atoms with van der Waals surface area (Å²) >= 11 is 0. The largest absolute Gasteiger partial charge is 0.478 e. The molecule has 1 aromatic rings. The summed E-state index contributed by atoms with van der Waals surface area (Å²) in [6, 6.07) is 5.84. The second-order valence-corrected chi connectivity index (χ2v) is 6.50. The van der Waals surface area contributed by atoms with Gasteiger partial charge in [-0.05, 0) is 24.1 Å². The van der Waals surface area contributed by atoms with E-state index in [-0.39, 0.29) is 11.3 Å². The second-order valence-electron chi connectivity index (χ2n) is 4.43. The molecule has 112 valence electrons. The van der Waals surface area contributed by atoms with Crippen molar-refractivity contribution in [2.75, 3.05) is 27.3 Å². The Hall–Kier alpha value is -1.44. The lowest BCUT2D eigenvalue weighted by Crippen LogP contribution is -2.29. The summed E-state index contributed by atoms with van der Waals surface area (Å²) in [5, 5.41) is 8.78. The highest BCUT2D eigenvalue weighted by Gasteiger charge is 2.18. The Morgan fingerprint density at radius 2 is 1.90 bits per heavy atom. The molecule has 0 aliphatic rings. The van der Waals surface area contributed by atoms with Crippen molar-refractivity contribution in [3.05, 3.63) is 35.4 Å². The fourth-order valence-corrected chi connectivity index (χ4v) is 2.88. The van der Waals surface area contributed by atoms with Crippen molar-refractivity contribution in [3.8, 4) is 0 Å². The minimum atomic E-state index is -3.40. The van der Waals surface area contributed by atoms with Crippen LogP contribution in [0.4, 0.5) is 0 Å². The molecule has 0 saturated carbocycles. The number of carbonyl (C=O) groups is 1. The molecule has 0 bridgehead atoms. The lowest BCUT2D eigenvalue weighted by atomic mass is 10.1. The van der Waals surface area contributed by atoms with E-state index in [0.717, 1.165) is 0 Å². The van der Waals surface area contributed by atoms with Crippen LogP contribution in [0.1, 0.15) is 22.3 Å². The van der Waals surface area contributed by atoms with Crippen LogP contribution in [0.2, 0.25) is 0 Å². The molecule has 6 nitrogen and oxygen atoms in total. The van der Waals surface area contributed by atoms with Crippen molar-refractivity contribution in [2.45, 2.75) is 12.2 Å². The topological polar surface area (TPSA) is 83.9 Å². The van der Waals surface area contributed by atoms with Gasteiger partial charge in [0.25, 0.3) is 0 Å². The maximum absolute atomic E-state index is 12.1. The molecule has 1 aromatic carbocycles. The number of ether oxygens (including phenoxy) is 1. The van der Waals surface area contributed by atoms with E-state index < -0.39 is 16.0 Å². The molecule has 0 unspecified atom stereocenters. The number of rotatable bonds is 8. The zero-order valence-corrected chi connectivity index (χ0v) is 12.4. The van der Waals surface area contributed by atoms with E-state index in [0.29, 0.717) is 25.1 Å². The molecule has 0 amide bonds. The van der Waals surface area contributed by atoms with Gasteiger partial charge in [-0.1, -0.05) is 12.1 Å². The van der Waals surface area contributed by atoms with Crippen LogP contribution < -0.4 is 0 Å². The van der Waals surface area contributed by atoms with Gasteiger partial charge in [0.05, 0.1) is 11.3 Å². The van der Waals surface area contributed by atoms with Crippen LogP contribution in [-0.2, 0) is 20.5 Å². The first-order chi connectivity index (χ1) is 9.36. The average Bonchev–Trinajstić information content (AvgIpc) is 2.39. The molecule has 0 spiro atoms. The molecule has 0 aromatic heterocycles. The molecule has 7 heteroatoms. The lowest BCUT2D eigenvalue weighted by Gasteiger charge is -2.17. The summed E-state index contributed by atoms with van der Waals surface area (Å²) in [6.45, 7) is 0.899. The van der Waals surface area contributed by atoms with E-state index in [1.54, 1.807) is 7.11 Å². The minimum absolute atomic E-state index is 0.139. The third-order valence-electron chi connectivity index (χ3n) is 2.85. The van der Waals surface area contributed by atoms with E-state index in [1.807, 2.05) is 0 Å². The Labute approximate surface area is 119 Å². The van der Waals surface area contributed by atoms with Crippen LogP contribution in [0.3, 0.4) is 0 Å². The lowest BCUT2D eigenvalue weighted by molar-refractivity contribution is 0.0697. The minimum Gasteiger partial charge on any atom is -0.478 e. The first kappa shape index (κ1) is 16.6. The van der Waals surface area contributed by atoms with Crippen LogP contribution in [0, 0.1) is 0 Å². The number of benzene rings is 1. The van der Waals surface area contributed by atoms with Crippen molar-refractivity contribution < 1.29 is 23.1 Å². The zero-order chi connectivity index (χ0) is 15.2. The standard InChI is InChI=1S/C13H19NO5S/c1-14(8-3-9-19-2)20(17,18)10-11-4-6-12(7-5-11)13(15)16/h4-7H,3,8-10H2,1-2H3,(H,15,16). The number of carboxylic acids is 1. The Morgan fingerprint density at radius 3 is 2.40 bits per heavy atom. The molecule has 1 N–H and O–H groups in total. The predicted octanol–water partition coefficient (Wildman–Crippen LogP) is 1.18. The number of carboxylic acid groups (broad SMARTS) is 1. The maximum atomic E-state index is 12.1. The number of nitrogens with zero attached hydrogens (tertiary/aromatic N) is 1. The molecule has 0 saturated heterocycles. The highest BCUT2D eigenvalue weighted by molar-refractivity contribution is 7.88. The van der Waals surface area contributed by atoms with Gasteiger partial charge in [-0.15, -0.1) is 0 Å². The molecule has 1 rings (SSSR count). The Morgan fingerprint density at radius 1 is 1.30 bits per heavy atom. The number of hydrogen-bond donors (Lipinski definition) is 1. The van der Waals surface area contributed by atoms with Crippen molar-refractivity contribution in [2.24, 2.45) is 0 Å². The Kier molecular flexibility index (Phi) is 6.12. The smallest absolute Gasteiger partial charge is 0.335 e. The Balaban J connectivity index is 2.67. The fraction of sp³-hybridized carbons (Fsp3) is 0.462. The number of hydrogen-bond acceptors (Lipinski definition) is 4. The fourth-order valence-electron chi connectivity index (χ4n) is 1.63. The van der Waals surface area contributed by atoms with Gasteiger partial charge in [0, 0.05) is 27.3 Å². The molecule has 0 heterocycles. The van der Waals surface area contributed by atoms with E-state index in [2.05, 4.69) is 0 Å². The average molecular weight is 301 g/mol. The normalized spacial score (nSPS) is 11.8. The van der Waals surface area contributed by atoms with Gasteiger partial charge in [0.1, 0.15) is 0 Å². The van der Waals surface area contributed by atoms with Crippen LogP contribution in [-0.4, -0.2) is 51.1 Å². The van der Waals surface area contributed by atoms with Crippen LogP contribution >= 0.6 is 0 Å². The summed E-state index contributed by atoms with van der Waals surface area (Å²) in [5.74, 6) is -1.17. The SMILES string of the molecule is COCCCN(C)S(=O)(=O)Cc1ccc(C(=O)O)cc1. The highest BCUT2D eigenvalue weighted by Crippen LogP contribution is 2.11. The van der Waals surface area contributed by atoms with Gasteiger partial charge in [-0.25, -0.2) is 17.5 Å². The van der Waals surface area contributed by atoms with Gasteiger partial charge in [-0.2, -0.15) is 0 Å². The highest BCUT2D eigenvalue weighted by atomic mass is 32.2. The molecule has 0 aliphatic carbocycles. The van der Waals surface area contributed by atoms with Crippen LogP contribution in [0.5, 0.6) is 0 Å². The first-order valence-electron chi connectivity index (χ1n) is 6.12. The van der Waals surface area contributed by atoms with E-state index >= 15 is 0 Å². The van der Waals surface area contributed by atoms with Gasteiger partial charge >= 0.3 is 5.97 Å². The third-order valence-corrected chi connectivity index (χ3v) is 4.68. The van der Waals surface area contributed by atoms with Crippen molar-refractivity contribution in [1.29, 1.82) is 0 Å². The molecule has 0 aliphatic heterocycles. The van der Waals surface area contributed by atoms with Crippen LogP contribution in [0.15, 0.2) is 24.3 Å². The van der Waals surface area contributed by atoms with E-state index in [1.165, 1.54) is 35.6 Å². The second kappa shape index (κ2) is 7.37.